The van der Waals surface area contributed by atoms with E-state index in [2.05, 4.69) is 29.0 Å². The second-order valence-corrected chi connectivity index (χ2v) is 7.50. The SMILES string of the molecule is O=C(O)c1ccccc1-c1csc(-c2ccc(C#Cc3c#ccc(C(F)(F)F)c3)cc2)n1. The van der Waals surface area contributed by atoms with Gasteiger partial charge in [-0.25, -0.2) is 9.78 Å². The zero-order valence-corrected chi connectivity index (χ0v) is 17.0. The molecular formula is C25H12F3NO2S. The van der Waals surface area contributed by atoms with Gasteiger partial charge in [-0.15, -0.1) is 11.3 Å². The summed E-state index contributed by atoms with van der Waals surface area (Å²) in [6.07, 6.45) is -4.46. The highest BCUT2D eigenvalue weighted by Gasteiger charge is 2.30. The van der Waals surface area contributed by atoms with Gasteiger partial charge in [-0.05, 0) is 24.3 Å². The van der Waals surface area contributed by atoms with E-state index < -0.39 is 17.7 Å². The van der Waals surface area contributed by atoms with Crippen LogP contribution < -0.4 is 0 Å². The maximum atomic E-state index is 12.8. The van der Waals surface area contributed by atoms with Crippen LogP contribution in [0.4, 0.5) is 13.2 Å². The number of hydrogen-bond acceptors (Lipinski definition) is 3. The number of halogens is 3. The Morgan fingerprint density at radius 3 is 2.53 bits per heavy atom. The number of rotatable bonds is 3. The number of benzene rings is 2. The summed E-state index contributed by atoms with van der Waals surface area (Å²) in [4.78, 5) is 16.0. The molecule has 0 saturated heterocycles. The van der Waals surface area contributed by atoms with Crippen LogP contribution in [0.5, 0.6) is 0 Å². The van der Waals surface area contributed by atoms with Crippen LogP contribution in [0.25, 0.3) is 21.8 Å². The van der Waals surface area contributed by atoms with E-state index in [-0.39, 0.29) is 11.1 Å². The number of carboxylic acid groups (broad SMARTS) is 1. The summed E-state index contributed by atoms with van der Waals surface area (Å²) >= 11 is 1.38. The minimum absolute atomic E-state index is 0.102. The molecule has 0 spiro atoms. The van der Waals surface area contributed by atoms with Crippen molar-refractivity contribution >= 4 is 17.3 Å². The standard InChI is InChI=1S/C25H12F3NO2S/c26-25(27,28)19-5-3-4-17(14-19)9-8-16-10-12-18(13-11-16)23-29-22(15-32-23)20-6-1-2-7-21(20)24(30)31/h1-2,5-7,10-15H,(H,30,31). The van der Waals surface area contributed by atoms with Crippen LogP contribution in [-0.4, -0.2) is 16.1 Å². The fourth-order valence-electron chi connectivity index (χ4n) is 2.91. The van der Waals surface area contributed by atoms with Crippen molar-refractivity contribution < 1.29 is 23.1 Å². The highest BCUT2D eigenvalue weighted by Crippen LogP contribution is 2.31. The Hall–Kier alpha value is -4.07. The smallest absolute Gasteiger partial charge is 0.417 e. The van der Waals surface area contributed by atoms with Crippen LogP contribution in [0, 0.1) is 24.0 Å². The molecule has 0 atom stereocenters. The predicted molar refractivity (Wildman–Crippen MR) is 115 cm³/mol. The van der Waals surface area contributed by atoms with Crippen molar-refractivity contribution in [3.05, 3.63) is 100 Å². The zero-order chi connectivity index (χ0) is 22.7. The molecule has 1 heterocycles. The van der Waals surface area contributed by atoms with Crippen LogP contribution in [0.1, 0.15) is 27.0 Å². The summed E-state index contributed by atoms with van der Waals surface area (Å²) in [5.41, 5.74) is 2.01. The van der Waals surface area contributed by atoms with Gasteiger partial charge in [-0.2, -0.15) is 13.2 Å². The van der Waals surface area contributed by atoms with Crippen molar-refractivity contribution in [2.45, 2.75) is 6.18 Å². The molecule has 3 nitrogen and oxygen atoms in total. The van der Waals surface area contributed by atoms with E-state index in [1.807, 2.05) is 0 Å². The average Bonchev–Trinajstić information content (AvgIpc) is 3.28. The fourth-order valence-corrected chi connectivity index (χ4v) is 3.74. The van der Waals surface area contributed by atoms with Crippen molar-refractivity contribution in [1.82, 2.24) is 4.98 Å². The number of alkyl halides is 3. The monoisotopic (exact) mass is 447 g/mol. The van der Waals surface area contributed by atoms with Gasteiger partial charge >= 0.3 is 12.1 Å². The fraction of sp³-hybridized carbons (Fsp3) is 0.0400. The molecule has 0 aliphatic rings. The van der Waals surface area contributed by atoms with Crippen LogP contribution in [-0.2, 0) is 6.18 Å². The number of nitrogens with zero attached hydrogens (tertiary/aromatic N) is 1. The number of aromatic carboxylic acids is 1. The number of hydrogen-bond donors (Lipinski definition) is 1. The Labute approximate surface area is 185 Å². The molecule has 0 aliphatic carbocycles. The Morgan fingerprint density at radius 1 is 1.06 bits per heavy atom. The molecule has 0 saturated carbocycles. The molecule has 32 heavy (non-hydrogen) atoms. The quantitative estimate of drug-likeness (QED) is 0.381. The summed E-state index contributed by atoms with van der Waals surface area (Å²) in [7, 11) is 0. The summed E-state index contributed by atoms with van der Waals surface area (Å²) in [5.74, 6) is 4.47. The third-order valence-electron chi connectivity index (χ3n) is 4.47. The molecule has 3 aromatic carbocycles. The number of carbonyl (C=O) groups is 1. The van der Waals surface area contributed by atoms with Crippen molar-refractivity contribution in [2.24, 2.45) is 0 Å². The number of aromatic nitrogens is 1. The van der Waals surface area contributed by atoms with Crippen LogP contribution in [0.15, 0.2) is 66.0 Å². The van der Waals surface area contributed by atoms with Gasteiger partial charge in [-0.3, -0.25) is 0 Å². The Morgan fingerprint density at radius 2 is 1.81 bits per heavy atom. The molecule has 1 aromatic heterocycles. The topological polar surface area (TPSA) is 50.2 Å². The first-order chi connectivity index (χ1) is 15.3. The molecule has 0 fully saturated rings. The second-order valence-electron chi connectivity index (χ2n) is 6.64. The third-order valence-corrected chi connectivity index (χ3v) is 5.36. The van der Waals surface area contributed by atoms with Gasteiger partial charge in [0.25, 0.3) is 0 Å². The van der Waals surface area contributed by atoms with Crippen LogP contribution in [0.3, 0.4) is 0 Å². The Kier molecular flexibility index (Phi) is 5.68. The number of thiazole rings is 1. The lowest BCUT2D eigenvalue weighted by Crippen LogP contribution is -2.04. The lowest BCUT2D eigenvalue weighted by molar-refractivity contribution is -0.137. The van der Waals surface area contributed by atoms with Crippen molar-refractivity contribution in [3.8, 4) is 33.7 Å². The van der Waals surface area contributed by atoms with Gasteiger partial charge in [0.1, 0.15) is 5.01 Å². The minimum atomic E-state index is -4.46. The maximum Gasteiger partial charge on any atom is 0.417 e. The first-order valence-electron chi connectivity index (χ1n) is 9.22. The molecule has 1 N–H and O–H groups in total. The van der Waals surface area contributed by atoms with Gasteiger partial charge in [0.15, 0.2) is 0 Å². The van der Waals surface area contributed by atoms with Gasteiger partial charge in [0.05, 0.1) is 22.4 Å². The van der Waals surface area contributed by atoms with Crippen molar-refractivity contribution in [1.29, 1.82) is 0 Å². The van der Waals surface area contributed by atoms with Crippen LogP contribution in [0.2, 0.25) is 0 Å². The van der Waals surface area contributed by atoms with Gasteiger partial charge in [0.2, 0.25) is 0 Å². The molecule has 7 heteroatoms. The minimum Gasteiger partial charge on any atom is -0.478 e. The molecule has 0 unspecified atom stereocenters. The molecule has 0 aliphatic heterocycles. The summed E-state index contributed by atoms with van der Waals surface area (Å²) in [6, 6.07) is 20.4. The highest BCUT2D eigenvalue weighted by molar-refractivity contribution is 7.13. The second kappa shape index (κ2) is 8.58. The first-order valence-corrected chi connectivity index (χ1v) is 10.1. The van der Waals surface area contributed by atoms with Gasteiger partial charge in [-0.1, -0.05) is 54.3 Å². The first kappa shape index (κ1) is 21.2. The summed E-state index contributed by atoms with van der Waals surface area (Å²) < 4.78 is 38.4. The molecule has 4 aromatic rings. The van der Waals surface area contributed by atoms with Gasteiger partial charge < -0.3 is 5.11 Å². The van der Waals surface area contributed by atoms with Gasteiger partial charge in [0, 0.05) is 28.1 Å². The summed E-state index contributed by atoms with van der Waals surface area (Å²) in [5, 5.41) is 11.9. The zero-order valence-electron chi connectivity index (χ0n) is 16.2. The molecule has 4 rings (SSSR count). The van der Waals surface area contributed by atoms with E-state index in [0.29, 0.717) is 21.8 Å². The molecule has 156 valence electrons. The molecule has 0 amide bonds. The molecular weight excluding hydrogens is 435 g/mol. The predicted octanol–water partition coefficient (Wildman–Crippen LogP) is 6.19. The normalized spacial score (nSPS) is 10.7. The van der Waals surface area contributed by atoms with E-state index >= 15 is 0 Å². The number of carboxylic acids is 1. The van der Waals surface area contributed by atoms with E-state index in [0.717, 1.165) is 17.7 Å². The van der Waals surface area contributed by atoms with E-state index in [9.17, 15) is 23.1 Å². The molecule has 0 radical (unpaired) electrons. The highest BCUT2D eigenvalue weighted by atomic mass is 32.1. The van der Waals surface area contributed by atoms with Crippen molar-refractivity contribution in [3.63, 3.8) is 0 Å². The Balaban J connectivity index is 1.55. The summed E-state index contributed by atoms with van der Waals surface area (Å²) in [6.45, 7) is 0. The van der Waals surface area contributed by atoms with E-state index in [1.54, 1.807) is 47.8 Å². The molecule has 0 bridgehead atoms. The van der Waals surface area contributed by atoms with E-state index in [1.165, 1.54) is 17.4 Å². The van der Waals surface area contributed by atoms with Crippen LogP contribution >= 0.6 is 11.3 Å². The lowest BCUT2D eigenvalue weighted by Gasteiger charge is -2.03. The lowest BCUT2D eigenvalue weighted by atomic mass is 10.1. The Bertz CT molecular complexity index is 1350. The van der Waals surface area contributed by atoms with E-state index in [4.69, 9.17) is 0 Å². The average molecular weight is 447 g/mol. The van der Waals surface area contributed by atoms with Crippen molar-refractivity contribution in [2.75, 3.05) is 0 Å². The maximum absolute atomic E-state index is 12.8. The largest absolute Gasteiger partial charge is 0.478 e. The third kappa shape index (κ3) is 4.64.